The maximum Gasteiger partial charge on any atom is 0.163 e. The molecule has 2 aromatic carbocycles. The lowest BCUT2D eigenvalue weighted by Crippen LogP contribution is -2.09. The van der Waals surface area contributed by atoms with E-state index >= 15 is 0 Å². The Hall–Kier alpha value is -3.15. The van der Waals surface area contributed by atoms with Crippen molar-refractivity contribution in [3.05, 3.63) is 70.9 Å². The molecule has 0 N–H and O–H groups in total. The number of aliphatic imine (C=N–C) groups is 1. The van der Waals surface area contributed by atoms with E-state index in [1.807, 2.05) is 25.1 Å². The smallest absolute Gasteiger partial charge is 0.163 e. The van der Waals surface area contributed by atoms with Crippen molar-refractivity contribution in [3.8, 4) is 11.5 Å². The molecular formula is C22H21FN2O3. The van der Waals surface area contributed by atoms with E-state index in [0.717, 1.165) is 34.0 Å². The Morgan fingerprint density at radius 2 is 1.75 bits per heavy atom. The molecule has 0 bridgehead atoms. The number of halogens is 1. The van der Waals surface area contributed by atoms with Gasteiger partial charge in [-0.05, 0) is 54.7 Å². The molecule has 0 radical (unpaired) electrons. The molecule has 0 spiro atoms. The van der Waals surface area contributed by atoms with Crippen molar-refractivity contribution in [1.29, 1.82) is 0 Å². The molecule has 1 atom stereocenters. The minimum atomic E-state index is -0.267. The van der Waals surface area contributed by atoms with Crippen LogP contribution in [0, 0.1) is 12.7 Å². The predicted octanol–water partition coefficient (Wildman–Crippen LogP) is 4.99. The highest BCUT2D eigenvalue weighted by molar-refractivity contribution is 6.03. The summed E-state index contributed by atoms with van der Waals surface area (Å²) in [6, 6.07) is 12.3. The van der Waals surface area contributed by atoms with Crippen LogP contribution in [0.4, 0.5) is 10.1 Å². The first-order chi connectivity index (χ1) is 13.6. The van der Waals surface area contributed by atoms with Crippen molar-refractivity contribution in [2.45, 2.75) is 25.7 Å². The van der Waals surface area contributed by atoms with Crippen LogP contribution in [0.5, 0.6) is 11.5 Å². The van der Waals surface area contributed by atoms with E-state index < -0.39 is 0 Å². The topological polar surface area (TPSA) is 56.9 Å². The van der Waals surface area contributed by atoms with E-state index in [-0.39, 0.29) is 11.7 Å². The second kappa shape index (κ2) is 7.46. The molecule has 5 nitrogen and oxygen atoms in total. The van der Waals surface area contributed by atoms with Crippen molar-refractivity contribution in [2.24, 2.45) is 4.99 Å². The zero-order valence-electron chi connectivity index (χ0n) is 16.0. The van der Waals surface area contributed by atoms with Crippen molar-refractivity contribution in [2.75, 3.05) is 14.2 Å². The van der Waals surface area contributed by atoms with Crippen molar-refractivity contribution >= 4 is 11.4 Å². The standard InChI is InChI=1S/C22H21FN2O3/c1-13-22-21(28-25-13)12-16(15-6-9-19(26-2)20(11-15)27-3)10-18(24-22)14-4-7-17(23)8-5-14/h4-9,11,16H,10,12H2,1-3H3/t16-/m0/s1. The van der Waals surface area contributed by atoms with Gasteiger partial charge >= 0.3 is 0 Å². The van der Waals surface area contributed by atoms with Crippen molar-refractivity contribution in [1.82, 2.24) is 5.16 Å². The Balaban J connectivity index is 1.78. The summed E-state index contributed by atoms with van der Waals surface area (Å²) in [7, 11) is 3.24. The average Bonchev–Trinajstić information content (AvgIpc) is 2.94. The highest BCUT2D eigenvalue weighted by atomic mass is 19.1. The molecule has 4 rings (SSSR count). The summed E-state index contributed by atoms with van der Waals surface area (Å²) in [4.78, 5) is 4.83. The lowest BCUT2D eigenvalue weighted by Gasteiger charge is -2.18. The number of hydrogen-bond donors (Lipinski definition) is 0. The molecule has 1 aromatic heterocycles. The zero-order valence-corrected chi connectivity index (χ0v) is 16.0. The fourth-order valence-corrected chi connectivity index (χ4v) is 3.57. The Kier molecular flexibility index (Phi) is 4.86. The number of fused-ring (bicyclic) bond motifs is 1. The molecule has 0 saturated carbocycles. The summed E-state index contributed by atoms with van der Waals surface area (Å²) < 4.78 is 29.8. The number of rotatable bonds is 4. The van der Waals surface area contributed by atoms with Gasteiger partial charge in [0.2, 0.25) is 0 Å². The summed E-state index contributed by atoms with van der Waals surface area (Å²) in [5, 5.41) is 4.08. The van der Waals surface area contributed by atoms with Crippen LogP contribution in [0.15, 0.2) is 52.0 Å². The number of hydrogen-bond acceptors (Lipinski definition) is 5. The normalized spacial score (nSPS) is 16.1. The van der Waals surface area contributed by atoms with Crippen LogP contribution >= 0.6 is 0 Å². The van der Waals surface area contributed by atoms with Gasteiger partial charge in [-0.3, -0.25) is 0 Å². The van der Waals surface area contributed by atoms with Gasteiger partial charge in [-0.15, -0.1) is 0 Å². The first-order valence-corrected chi connectivity index (χ1v) is 9.09. The third kappa shape index (κ3) is 3.38. The number of benzene rings is 2. The minimum Gasteiger partial charge on any atom is -0.493 e. The van der Waals surface area contributed by atoms with Gasteiger partial charge in [0.25, 0.3) is 0 Å². The first kappa shape index (κ1) is 18.2. The second-order valence-electron chi connectivity index (χ2n) is 6.82. The van der Waals surface area contributed by atoms with E-state index in [1.54, 1.807) is 26.4 Å². The fraction of sp³-hybridized carbons (Fsp3) is 0.273. The quantitative estimate of drug-likeness (QED) is 0.640. The molecule has 144 valence electrons. The molecule has 28 heavy (non-hydrogen) atoms. The van der Waals surface area contributed by atoms with Crippen LogP contribution < -0.4 is 9.47 Å². The molecule has 0 saturated heterocycles. The third-order valence-corrected chi connectivity index (χ3v) is 5.07. The summed E-state index contributed by atoms with van der Waals surface area (Å²) in [5.41, 5.74) is 4.38. The predicted molar refractivity (Wildman–Crippen MR) is 104 cm³/mol. The maximum atomic E-state index is 13.4. The fourth-order valence-electron chi connectivity index (χ4n) is 3.57. The van der Waals surface area contributed by atoms with E-state index in [4.69, 9.17) is 19.0 Å². The van der Waals surface area contributed by atoms with Crippen LogP contribution in [-0.4, -0.2) is 25.1 Å². The molecule has 0 unspecified atom stereocenters. The lowest BCUT2D eigenvalue weighted by molar-refractivity contribution is 0.353. The van der Waals surface area contributed by atoms with Gasteiger partial charge in [0, 0.05) is 12.1 Å². The summed E-state index contributed by atoms with van der Waals surface area (Å²) >= 11 is 0. The Morgan fingerprint density at radius 3 is 2.46 bits per heavy atom. The largest absolute Gasteiger partial charge is 0.493 e. The summed E-state index contributed by atoms with van der Waals surface area (Å²) in [6.07, 6.45) is 1.35. The third-order valence-electron chi connectivity index (χ3n) is 5.07. The molecule has 0 aliphatic carbocycles. The van der Waals surface area contributed by atoms with Crippen LogP contribution in [0.1, 0.15) is 34.9 Å². The van der Waals surface area contributed by atoms with Crippen LogP contribution in [0.25, 0.3) is 0 Å². The molecular weight excluding hydrogens is 359 g/mol. The molecule has 2 heterocycles. The lowest BCUT2D eigenvalue weighted by atomic mass is 9.88. The molecule has 3 aromatic rings. The Bertz CT molecular complexity index is 1020. The van der Waals surface area contributed by atoms with Gasteiger partial charge in [0.15, 0.2) is 17.3 Å². The highest BCUT2D eigenvalue weighted by Gasteiger charge is 2.26. The van der Waals surface area contributed by atoms with E-state index in [9.17, 15) is 4.39 Å². The molecule has 1 aliphatic heterocycles. The number of ether oxygens (including phenoxy) is 2. The van der Waals surface area contributed by atoms with Gasteiger partial charge < -0.3 is 14.0 Å². The van der Waals surface area contributed by atoms with Crippen molar-refractivity contribution < 1.29 is 18.4 Å². The molecule has 6 heteroatoms. The first-order valence-electron chi connectivity index (χ1n) is 9.09. The zero-order chi connectivity index (χ0) is 19.7. The van der Waals surface area contributed by atoms with E-state index in [1.165, 1.54) is 12.1 Å². The Morgan fingerprint density at radius 1 is 1.00 bits per heavy atom. The van der Waals surface area contributed by atoms with Crippen LogP contribution in [0.3, 0.4) is 0 Å². The highest BCUT2D eigenvalue weighted by Crippen LogP contribution is 2.39. The minimum absolute atomic E-state index is 0.109. The summed E-state index contributed by atoms with van der Waals surface area (Å²) in [5.74, 6) is 1.96. The van der Waals surface area contributed by atoms with E-state index in [2.05, 4.69) is 5.16 Å². The molecule has 1 aliphatic rings. The van der Waals surface area contributed by atoms with Gasteiger partial charge in [0.1, 0.15) is 17.2 Å². The van der Waals surface area contributed by atoms with E-state index in [0.29, 0.717) is 24.3 Å². The Labute approximate surface area is 162 Å². The molecule has 0 amide bonds. The summed E-state index contributed by atoms with van der Waals surface area (Å²) in [6.45, 7) is 1.88. The maximum absolute atomic E-state index is 13.4. The van der Waals surface area contributed by atoms with Gasteiger partial charge in [0.05, 0.1) is 14.2 Å². The number of methoxy groups -OCH3 is 2. The number of nitrogens with zero attached hydrogens (tertiary/aromatic N) is 2. The van der Waals surface area contributed by atoms with Gasteiger partial charge in [-0.1, -0.05) is 23.4 Å². The van der Waals surface area contributed by atoms with Gasteiger partial charge in [-0.2, -0.15) is 0 Å². The van der Waals surface area contributed by atoms with Gasteiger partial charge in [-0.25, -0.2) is 9.38 Å². The number of aromatic nitrogens is 1. The SMILES string of the molecule is COc1ccc([C@H]2CC(c3ccc(F)cc3)=Nc3c(C)noc3C2)cc1OC. The second-order valence-corrected chi connectivity index (χ2v) is 6.82. The van der Waals surface area contributed by atoms with Crippen molar-refractivity contribution in [3.63, 3.8) is 0 Å². The average molecular weight is 380 g/mol. The molecule has 0 fully saturated rings. The monoisotopic (exact) mass is 380 g/mol. The van der Waals surface area contributed by atoms with Crippen LogP contribution in [-0.2, 0) is 6.42 Å². The number of aryl methyl sites for hydroxylation is 1. The van der Waals surface area contributed by atoms with Crippen LogP contribution in [0.2, 0.25) is 0 Å².